The van der Waals surface area contributed by atoms with Gasteiger partial charge in [-0.15, -0.1) is 0 Å². The molecule has 0 spiro atoms. The highest BCUT2D eigenvalue weighted by Crippen LogP contribution is 2.20. The van der Waals surface area contributed by atoms with Crippen molar-refractivity contribution in [2.24, 2.45) is 0 Å². The number of aliphatic hydroxyl groups is 1. The Hall–Kier alpha value is -2.04. The maximum absolute atomic E-state index is 11.9. The summed E-state index contributed by atoms with van der Waals surface area (Å²) >= 11 is 5.98. The van der Waals surface area contributed by atoms with Crippen molar-refractivity contribution in [1.82, 2.24) is 5.32 Å². The van der Waals surface area contributed by atoms with E-state index < -0.39 is 6.03 Å². The van der Waals surface area contributed by atoms with Gasteiger partial charge in [-0.05, 0) is 24.1 Å². The zero-order valence-electron chi connectivity index (χ0n) is 11.4. The molecule has 0 aromatic heterocycles. The molecule has 0 heterocycles. The van der Waals surface area contributed by atoms with Gasteiger partial charge in [-0.1, -0.05) is 54.1 Å². The first kappa shape index (κ1) is 15.4. The minimum Gasteiger partial charge on any atom is -0.394 e. The number of urea groups is 1. The molecule has 0 bridgehead atoms. The number of hydrogen-bond donors (Lipinski definition) is 3. The summed E-state index contributed by atoms with van der Waals surface area (Å²) in [5.74, 6) is 0. The molecule has 2 aromatic carbocycles. The Balaban J connectivity index is 1.92. The normalized spacial score (nSPS) is 11.7. The van der Waals surface area contributed by atoms with Crippen LogP contribution in [0.25, 0.3) is 0 Å². The molecule has 0 saturated carbocycles. The number of carbonyl (C=O) groups is 1. The van der Waals surface area contributed by atoms with Crippen molar-refractivity contribution >= 4 is 23.3 Å². The number of para-hydroxylation sites is 1. The minimum atomic E-state index is -0.391. The molecule has 1 atom stereocenters. The molecule has 4 nitrogen and oxygen atoms in total. The number of halogens is 1. The first-order valence-electron chi connectivity index (χ1n) is 6.66. The van der Waals surface area contributed by atoms with Crippen LogP contribution in [-0.4, -0.2) is 23.8 Å². The third kappa shape index (κ3) is 4.77. The number of carbonyl (C=O) groups excluding carboxylic acids is 1. The third-order valence-corrected chi connectivity index (χ3v) is 3.33. The van der Waals surface area contributed by atoms with Crippen molar-refractivity contribution in [2.75, 3.05) is 11.9 Å². The van der Waals surface area contributed by atoms with Crippen LogP contribution < -0.4 is 10.6 Å². The monoisotopic (exact) mass is 304 g/mol. The fraction of sp³-hybridized carbons (Fsp3) is 0.188. The Labute approximate surface area is 128 Å². The molecule has 2 rings (SSSR count). The Morgan fingerprint density at radius 3 is 2.43 bits per heavy atom. The van der Waals surface area contributed by atoms with Gasteiger partial charge in [-0.25, -0.2) is 4.79 Å². The van der Waals surface area contributed by atoms with Crippen molar-refractivity contribution in [2.45, 2.75) is 12.5 Å². The van der Waals surface area contributed by atoms with E-state index in [9.17, 15) is 9.90 Å². The van der Waals surface area contributed by atoms with E-state index in [1.54, 1.807) is 24.3 Å². The summed E-state index contributed by atoms with van der Waals surface area (Å²) in [6.45, 7) is -0.134. The molecule has 0 aliphatic carbocycles. The van der Waals surface area contributed by atoms with Gasteiger partial charge in [-0.3, -0.25) is 0 Å². The van der Waals surface area contributed by atoms with Gasteiger partial charge in [0.05, 0.1) is 23.4 Å². The highest BCUT2D eigenvalue weighted by Gasteiger charge is 2.12. The molecule has 0 fully saturated rings. The maximum atomic E-state index is 11.9. The lowest BCUT2D eigenvalue weighted by Crippen LogP contribution is -2.41. The van der Waals surface area contributed by atoms with Gasteiger partial charge in [0.25, 0.3) is 0 Å². The van der Waals surface area contributed by atoms with Gasteiger partial charge >= 0.3 is 6.03 Å². The lowest BCUT2D eigenvalue weighted by Gasteiger charge is -2.17. The van der Waals surface area contributed by atoms with Crippen LogP contribution in [0.3, 0.4) is 0 Å². The zero-order valence-corrected chi connectivity index (χ0v) is 12.2. The second kappa shape index (κ2) is 7.67. The van der Waals surface area contributed by atoms with E-state index in [4.69, 9.17) is 11.6 Å². The molecule has 5 heteroatoms. The quantitative estimate of drug-likeness (QED) is 0.795. The van der Waals surface area contributed by atoms with Crippen LogP contribution in [0, 0.1) is 0 Å². The Morgan fingerprint density at radius 1 is 1.10 bits per heavy atom. The summed E-state index contributed by atoms with van der Waals surface area (Å²) < 4.78 is 0. The molecule has 0 saturated heterocycles. The molecular weight excluding hydrogens is 288 g/mol. The van der Waals surface area contributed by atoms with E-state index in [0.717, 1.165) is 5.56 Å². The predicted molar refractivity (Wildman–Crippen MR) is 84.6 cm³/mol. The number of rotatable bonds is 5. The predicted octanol–water partition coefficient (Wildman–Crippen LogP) is 3.07. The fourth-order valence-electron chi connectivity index (χ4n) is 1.97. The number of nitrogens with one attached hydrogen (secondary N) is 2. The molecular formula is C16H17ClN2O2. The molecule has 0 aliphatic rings. The first-order valence-corrected chi connectivity index (χ1v) is 7.03. The standard InChI is InChI=1S/C16H17ClN2O2/c17-14-8-4-5-9-15(14)19-16(21)18-13(11-20)10-12-6-2-1-3-7-12/h1-9,13,20H,10-11H2,(H2,18,19,21)/t13-/m0/s1. The molecule has 21 heavy (non-hydrogen) atoms. The lowest BCUT2D eigenvalue weighted by atomic mass is 10.1. The van der Waals surface area contributed by atoms with Gasteiger partial charge in [-0.2, -0.15) is 0 Å². The van der Waals surface area contributed by atoms with Crippen LogP contribution in [0.5, 0.6) is 0 Å². The summed E-state index contributed by atoms with van der Waals surface area (Å²) in [6.07, 6.45) is 0.563. The van der Waals surface area contributed by atoms with Crippen LogP contribution in [0.1, 0.15) is 5.56 Å². The second-order valence-electron chi connectivity index (χ2n) is 4.65. The largest absolute Gasteiger partial charge is 0.394 e. The van der Waals surface area contributed by atoms with Crippen molar-refractivity contribution in [1.29, 1.82) is 0 Å². The SMILES string of the molecule is O=C(Nc1ccccc1Cl)N[C@H](CO)Cc1ccccc1. The van der Waals surface area contributed by atoms with E-state index in [0.29, 0.717) is 17.1 Å². The Kier molecular flexibility index (Phi) is 5.60. The molecule has 110 valence electrons. The average molecular weight is 305 g/mol. The number of anilines is 1. The average Bonchev–Trinajstić information content (AvgIpc) is 2.50. The summed E-state index contributed by atoms with van der Waals surface area (Å²) in [5.41, 5.74) is 1.59. The molecule has 2 amide bonds. The number of amides is 2. The second-order valence-corrected chi connectivity index (χ2v) is 5.05. The van der Waals surface area contributed by atoms with Crippen LogP contribution >= 0.6 is 11.6 Å². The first-order chi connectivity index (χ1) is 10.2. The van der Waals surface area contributed by atoms with Crippen LogP contribution in [-0.2, 0) is 6.42 Å². The van der Waals surface area contributed by atoms with Crippen molar-refractivity contribution in [3.05, 3.63) is 65.2 Å². The summed E-state index contributed by atoms with van der Waals surface area (Å²) in [6, 6.07) is 15.9. The molecule has 0 radical (unpaired) electrons. The summed E-state index contributed by atoms with van der Waals surface area (Å²) in [7, 11) is 0. The molecule has 0 aliphatic heterocycles. The molecule has 0 unspecified atom stereocenters. The van der Waals surface area contributed by atoms with E-state index in [1.165, 1.54) is 0 Å². The lowest BCUT2D eigenvalue weighted by molar-refractivity contribution is 0.224. The van der Waals surface area contributed by atoms with E-state index in [2.05, 4.69) is 10.6 Å². The number of benzene rings is 2. The molecule has 3 N–H and O–H groups in total. The highest BCUT2D eigenvalue weighted by molar-refractivity contribution is 6.33. The Morgan fingerprint density at radius 2 is 1.76 bits per heavy atom. The van der Waals surface area contributed by atoms with Crippen molar-refractivity contribution in [3.63, 3.8) is 0 Å². The van der Waals surface area contributed by atoms with E-state index >= 15 is 0 Å². The number of hydrogen-bond acceptors (Lipinski definition) is 2. The summed E-state index contributed by atoms with van der Waals surface area (Å²) in [4.78, 5) is 11.9. The van der Waals surface area contributed by atoms with Crippen LogP contribution in [0.2, 0.25) is 5.02 Å². The van der Waals surface area contributed by atoms with E-state index in [-0.39, 0.29) is 12.6 Å². The third-order valence-electron chi connectivity index (χ3n) is 3.00. The van der Waals surface area contributed by atoms with Crippen LogP contribution in [0.4, 0.5) is 10.5 Å². The zero-order chi connectivity index (χ0) is 15.1. The fourth-order valence-corrected chi connectivity index (χ4v) is 2.15. The smallest absolute Gasteiger partial charge is 0.319 e. The minimum absolute atomic E-state index is 0.134. The van der Waals surface area contributed by atoms with Gasteiger partial charge in [0, 0.05) is 0 Å². The summed E-state index contributed by atoms with van der Waals surface area (Å²) in [5, 5.41) is 15.3. The van der Waals surface area contributed by atoms with Gasteiger partial charge in [0.1, 0.15) is 0 Å². The molecule has 2 aromatic rings. The van der Waals surface area contributed by atoms with Crippen molar-refractivity contribution in [3.8, 4) is 0 Å². The number of aliphatic hydroxyl groups excluding tert-OH is 1. The topological polar surface area (TPSA) is 61.4 Å². The van der Waals surface area contributed by atoms with Gasteiger partial charge in [0.15, 0.2) is 0 Å². The van der Waals surface area contributed by atoms with Crippen LogP contribution in [0.15, 0.2) is 54.6 Å². The van der Waals surface area contributed by atoms with Gasteiger partial charge in [0.2, 0.25) is 0 Å². The van der Waals surface area contributed by atoms with Gasteiger partial charge < -0.3 is 15.7 Å². The van der Waals surface area contributed by atoms with E-state index in [1.807, 2.05) is 30.3 Å². The Bertz CT molecular complexity index is 590. The highest BCUT2D eigenvalue weighted by atomic mass is 35.5. The van der Waals surface area contributed by atoms with Crippen molar-refractivity contribution < 1.29 is 9.90 Å². The maximum Gasteiger partial charge on any atom is 0.319 e.